The molecule has 0 spiro atoms. The topological polar surface area (TPSA) is 86.1 Å². The lowest BCUT2D eigenvalue weighted by atomic mass is 9.90. The van der Waals surface area contributed by atoms with Crippen LogP contribution in [0.15, 0.2) is 4.99 Å². The highest BCUT2D eigenvalue weighted by Crippen LogP contribution is 2.22. The maximum atomic E-state index is 7.50. The minimum absolute atomic E-state index is 0.000408. The molecule has 1 aliphatic carbocycles. The van der Waals surface area contributed by atoms with E-state index in [0.717, 1.165) is 12.8 Å². The van der Waals surface area contributed by atoms with Gasteiger partial charge in [-0.3, -0.25) is 5.41 Å². The largest absolute Gasteiger partial charge is 0.387 e. The Hall–Kier alpha value is -1.19. The van der Waals surface area contributed by atoms with Gasteiger partial charge in [-0.05, 0) is 19.8 Å². The SMILES string of the molecule is CC(=N)C(=N)N=C(N)C1CCCCCCC1. The van der Waals surface area contributed by atoms with Crippen molar-refractivity contribution in [3.05, 3.63) is 0 Å². The standard InChI is InChI=1S/C12H22N4/c1-9(13)11(14)16-12(15)10-7-5-3-2-4-6-8-10/h10,13H,2-8H2,1H3,(H3,14,15,16). The van der Waals surface area contributed by atoms with Gasteiger partial charge in [0, 0.05) is 5.92 Å². The number of nitrogens with two attached hydrogens (primary N) is 1. The van der Waals surface area contributed by atoms with Crippen molar-refractivity contribution in [2.24, 2.45) is 16.6 Å². The fraction of sp³-hybridized carbons (Fsp3) is 0.750. The molecular weight excluding hydrogens is 200 g/mol. The molecule has 0 unspecified atom stereocenters. The van der Waals surface area contributed by atoms with E-state index in [2.05, 4.69) is 4.99 Å². The predicted octanol–water partition coefficient (Wildman–Crippen LogP) is 2.72. The van der Waals surface area contributed by atoms with Gasteiger partial charge in [-0.2, -0.15) is 0 Å². The number of hydrogen-bond acceptors (Lipinski definition) is 2. The van der Waals surface area contributed by atoms with E-state index in [9.17, 15) is 0 Å². The zero-order valence-electron chi connectivity index (χ0n) is 10.1. The van der Waals surface area contributed by atoms with E-state index in [4.69, 9.17) is 16.6 Å². The monoisotopic (exact) mass is 222 g/mol. The molecule has 0 bridgehead atoms. The molecule has 4 N–H and O–H groups in total. The molecule has 1 aliphatic rings. The zero-order valence-corrected chi connectivity index (χ0v) is 10.1. The lowest BCUT2D eigenvalue weighted by Gasteiger charge is -2.18. The van der Waals surface area contributed by atoms with Crippen LogP contribution < -0.4 is 5.73 Å². The van der Waals surface area contributed by atoms with Crippen molar-refractivity contribution in [3.63, 3.8) is 0 Å². The molecule has 0 aliphatic heterocycles. The quantitative estimate of drug-likeness (QED) is 0.487. The van der Waals surface area contributed by atoms with Crippen LogP contribution in [-0.2, 0) is 0 Å². The smallest absolute Gasteiger partial charge is 0.167 e. The van der Waals surface area contributed by atoms with E-state index in [1.165, 1.54) is 32.1 Å². The van der Waals surface area contributed by atoms with Gasteiger partial charge in [0.2, 0.25) is 0 Å². The molecule has 0 saturated heterocycles. The summed E-state index contributed by atoms with van der Waals surface area (Å²) < 4.78 is 0. The number of nitrogens with one attached hydrogen (secondary N) is 2. The first kappa shape index (κ1) is 12.9. The fourth-order valence-electron chi connectivity index (χ4n) is 2.06. The van der Waals surface area contributed by atoms with Crippen molar-refractivity contribution >= 4 is 17.4 Å². The van der Waals surface area contributed by atoms with Crippen molar-refractivity contribution in [2.75, 3.05) is 0 Å². The Labute approximate surface area is 97.4 Å². The fourth-order valence-corrected chi connectivity index (χ4v) is 2.06. The number of nitrogens with zero attached hydrogens (tertiary/aromatic N) is 1. The minimum atomic E-state index is -0.000408. The molecule has 0 heterocycles. The molecule has 4 nitrogen and oxygen atoms in total. The molecule has 0 aromatic heterocycles. The summed E-state index contributed by atoms with van der Waals surface area (Å²) in [6, 6.07) is 0. The number of aliphatic imine (C=N–C) groups is 1. The summed E-state index contributed by atoms with van der Waals surface area (Å²) in [6.45, 7) is 1.57. The average Bonchev–Trinajstić information content (AvgIpc) is 2.16. The van der Waals surface area contributed by atoms with Crippen molar-refractivity contribution < 1.29 is 0 Å². The summed E-state index contributed by atoms with van der Waals surface area (Å²) in [5.74, 6) is 0.873. The molecular formula is C12H22N4. The maximum Gasteiger partial charge on any atom is 0.167 e. The Balaban J connectivity index is 2.59. The van der Waals surface area contributed by atoms with Crippen molar-refractivity contribution in [2.45, 2.75) is 51.9 Å². The molecule has 0 atom stereocenters. The molecule has 90 valence electrons. The Morgan fingerprint density at radius 3 is 2.06 bits per heavy atom. The van der Waals surface area contributed by atoms with E-state index in [1.807, 2.05) is 0 Å². The second-order valence-electron chi connectivity index (χ2n) is 4.55. The lowest BCUT2D eigenvalue weighted by molar-refractivity contribution is 0.450. The van der Waals surface area contributed by atoms with Gasteiger partial charge in [0.1, 0.15) is 5.84 Å². The van der Waals surface area contributed by atoms with Crippen LogP contribution >= 0.6 is 0 Å². The van der Waals surface area contributed by atoms with Gasteiger partial charge in [-0.15, -0.1) is 0 Å². The zero-order chi connectivity index (χ0) is 12.0. The Morgan fingerprint density at radius 1 is 1.06 bits per heavy atom. The molecule has 0 aromatic carbocycles. The van der Waals surface area contributed by atoms with Crippen LogP contribution in [0, 0.1) is 16.7 Å². The molecule has 0 amide bonds. The minimum Gasteiger partial charge on any atom is -0.387 e. The van der Waals surface area contributed by atoms with Crippen LogP contribution in [-0.4, -0.2) is 17.4 Å². The summed E-state index contributed by atoms with van der Waals surface area (Å²) in [5, 5.41) is 14.8. The van der Waals surface area contributed by atoms with Gasteiger partial charge >= 0.3 is 0 Å². The number of amidine groups is 2. The second kappa shape index (κ2) is 6.40. The molecule has 1 rings (SSSR count). The van der Waals surface area contributed by atoms with E-state index in [0.29, 0.717) is 11.8 Å². The van der Waals surface area contributed by atoms with Gasteiger partial charge in [0.25, 0.3) is 0 Å². The van der Waals surface area contributed by atoms with E-state index in [1.54, 1.807) is 6.92 Å². The summed E-state index contributed by atoms with van der Waals surface area (Å²) in [7, 11) is 0. The lowest BCUT2D eigenvalue weighted by Crippen LogP contribution is -2.26. The molecule has 0 aromatic rings. The molecule has 16 heavy (non-hydrogen) atoms. The average molecular weight is 222 g/mol. The Bertz CT molecular complexity index is 285. The van der Waals surface area contributed by atoms with Gasteiger partial charge in [0.15, 0.2) is 5.84 Å². The van der Waals surface area contributed by atoms with E-state index >= 15 is 0 Å². The van der Waals surface area contributed by atoms with Crippen LogP contribution in [0.1, 0.15) is 51.9 Å². The summed E-state index contributed by atoms with van der Waals surface area (Å²) in [4.78, 5) is 4.03. The molecule has 1 saturated carbocycles. The highest BCUT2D eigenvalue weighted by molar-refractivity contribution is 6.39. The predicted molar refractivity (Wildman–Crippen MR) is 68.6 cm³/mol. The highest BCUT2D eigenvalue weighted by Gasteiger charge is 2.15. The molecule has 1 fully saturated rings. The highest BCUT2D eigenvalue weighted by atomic mass is 14.9. The van der Waals surface area contributed by atoms with Crippen LogP contribution in [0.25, 0.3) is 0 Å². The first-order valence-electron chi connectivity index (χ1n) is 6.09. The normalized spacial score (nSPS) is 19.9. The maximum absolute atomic E-state index is 7.50. The van der Waals surface area contributed by atoms with Gasteiger partial charge in [-0.1, -0.05) is 32.1 Å². The first-order chi connectivity index (χ1) is 7.61. The summed E-state index contributed by atoms with van der Waals surface area (Å²) >= 11 is 0. The first-order valence-corrected chi connectivity index (χ1v) is 6.09. The van der Waals surface area contributed by atoms with Crippen LogP contribution in [0.4, 0.5) is 0 Å². The third-order valence-corrected chi connectivity index (χ3v) is 3.12. The van der Waals surface area contributed by atoms with Gasteiger partial charge < -0.3 is 11.1 Å². The van der Waals surface area contributed by atoms with Crippen molar-refractivity contribution in [3.8, 4) is 0 Å². The van der Waals surface area contributed by atoms with E-state index < -0.39 is 0 Å². The van der Waals surface area contributed by atoms with Gasteiger partial charge in [-0.25, -0.2) is 4.99 Å². The third kappa shape index (κ3) is 4.13. The number of hydrogen-bond donors (Lipinski definition) is 3. The summed E-state index contributed by atoms with van der Waals surface area (Å²) in [6.07, 6.45) is 8.48. The van der Waals surface area contributed by atoms with Crippen LogP contribution in [0.2, 0.25) is 0 Å². The Morgan fingerprint density at radius 2 is 1.56 bits per heavy atom. The van der Waals surface area contributed by atoms with Crippen molar-refractivity contribution in [1.82, 2.24) is 0 Å². The van der Waals surface area contributed by atoms with Crippen LogP contribution in [0.3, 0.4) is 0 Å². The molecule has 4 heteroatoms. The Kier molecular flexibility index (Phi) is 5.15. The van der Waals surface area contributed by atoms with E-state index in [-0.39, 0.29) is 11.5 Å². The number of rotatable bonds is 2. The van der Waals surface area contributed by atoms with Crippen LogP contribution in [0.5, 0.6) is 0 Å². The third-order valence-electron chi connectivity index (χ3n) is 3.12. The molecule has 0 radical (unpaired) electrons. The van der Waals surface area contributed by atoms with Gasteiger partial charge in [0.05, 0.1) is 5.71 Å². The summed E-state index contributed by atoms with van der Waals surface area (Å²) in [5.41, 5.74) is 6.09. The second-order valence-corrected chi connectivity index (χ2v) is 4.55. The van der Waals surface area contributed by atoms with Crippen molar-refractivity contribution in [1.29, 1.82) is 10.8 Å².